The maximum Gasteiger partial charge on any atom is 0.261 e. The summed E-state index contributed by atoms with van der Waals surface area (Å²) in [4.78, 5) is 18.0. The van der Waals surface area contributed by atoms with E-state index in [1.165, 1.54) is 16.9 Å². The molecule has 4 nitrogen and oxygen atoms in total. The van der Waals surface area contributed by atoms with Gasteiger partial charge in [-0.05, 0) is 57.0 Å². The van der Waals surface area contributed by atoms with Crippen LogP contribution < -0.4 is 10.1 Å². The SMILES string of the molecule is Cc1ccc(OC(C)C(=O)NCc2sc(-c3ccccc3Cl)nc2C)cc1C. The van der Waals surface area contributed by atoms with Gasteiger partial charge in [0.25, 0.3) is 5.91 Å². The van der Waals surface area contributed by atoms with Crippen molar-refractivity contribution in [2.45, 2.75) is 40.3 Å². The molecule has 1 heterocycles. The number of aromatic nitrogens is 1. The van der Waals surface area contributed by atoms with E-state index >= 15 is 0 Å². The molecule has 2 aromatic carbocycles. The van der Waals surface area contributed by atoms with Gasteiger partial charge in [-0.3, -0.25) is 4.79 Å². The number of hydrogen-bond donors (Lipinski definition) is 1. The molecule has 3 aromatic rings. The van der Waals surface area contributed by atoms with Crippen molar-refractivity contribution in [3.63, 3.8) is 0 Å². The number of halogens is 1. The molecule has 1 amide bonds. The van der Waals surface area contributed by atoms with Crippen molar-refractivity contribution in [2.24, 2.45) is 0 Å². The standard InChI is InChI=1S/C22H23ClN2O2S/c1-13-9-10-17(11-14(13)2)27-16(4)21(26)24-12-20-15(3)25-22(28-20)18-7-5-6-8-19(18)23/h5-11,16H,12H2,1-4H3,(H,24,26). The first-order valence-corrected chi connectivity index (χ1v) is 10.3. The van der Waals surface area contributed by atoms with E-state index in [0.29, 0.717) is 17.3 Å². The van der Waals surface area contributed by atoms with Gasteiger partial charge in [-0.25, -0.2) is 4.98 Å². The monoisotopic (exact) mass is 414 g/mol. The van der Waals surface area contributed by atoms with Crippen molar-refractivity contribution in [3.8, 4) is 16.3 Å². The molecule has 0 spiro atoms. The number of thiazole rings is 1. The smallest absolute Gasteiger partial charge is 0.261 e. The molecule has 1 N–H and O–H groups in total. The molecule has 3 rings (SSSR count). The first-order chi connectivity index (χ1) is 13.3. The lowest BCUT2D eigenvalue weighted by atomic mass is 10.1. The van der Waals surface area contributed by atoms with Gasteiger partial charge >= 0.3 is 0 Å². The van der Waals surface area contributed by atoms with Gasteiger partial charge in [-0.2, -0.15) is 0 Å². The van der Waals surface area contributed by atoms with Crippen LogP contribution in [0.2, 0.25) is 5.02 Å². The zero-order chi connectivity index (χ0) is 20.3. The highest BCUT2D eigenvalue weighted by atomic mass is 35.5. The van der Waals surface area contributed by atoms with Gasteiger partial charge < -0.3 is 10.1 Å². The Balaban J connectivity index is 1.62. The van der Waals surface area contributed by atoms with Crippen LogP contribution in [0.3, 0.4) is 0 Å². The predicted octanol–water partition coefficient (Wildman–Crippen LogP) is 5.47. The molecule has 0 aliphatic rings. The topological polar surface area (TPSA) is 51.2 Å². The van der Waals surface area contributed by atoms with Crippen LogP contribution in [0.5, 0.6) is 5.75 Å². The number of amides is 1. The number of carbonyl (C=O) groups is 1. The number of ether oxygens (including phenoxy) is 1. The maximum absolute atomic E-state index is 12.4. The molecule has 146 valence electrons. The van der Waals surface area contributed by atoms with Crippen LogP contribution in [0, 0.1) is 20.8 Å². The van der Waals surface area contributed by atoms with Gasteiger partial charge in [0.2, 0.25) is 0 Å². The summed E-state index contributed by atoms with van der Waals surface area (Å²) in [5.41, 5.74) is 4.13. The second-order valence-electron chi connectivity index (χ2n) is 6.73. The molecule has 1 unspecified atom stereocenters. The Bertz CT molecular complexity index is 1000. The summed E-state index contributed by atoms with van der Waals surface area (Å²) in [5, 5.41) is 4.46. The van der Waals surface area contributed by atoms with Crippen molar-refractivity contribution in [3.05, 3.63) is 69.2 Å². The van der Waals surface area contributed by atoms with E-state index in [2.05, 4.69) is 10.3 Å². The highest BCUT2D eigenvalue weighted by molar-refractivity contribution is 7.15. The zero-order valence-electron chi connectivity index (χ0n) is 16.4. The molecule has 1 aromatic heterocycles. The minimum atomic E-state index is -0.585. The highest BCUT2D eigenvalue weighted by Crippen LogP contribution is 2.32. The van der Waals surface area contributed by atoms with E-state index in [-0.39, 0.29) is 5.91 Å². The minimum absolute atomic E-state index is 0.162. The molecule has 0 bridgehead atoms. The van der Waals surface area contributed by atoms with Crippen molar-refractivity contribution < 1.29 is 9.53 Å². The third-order valence-electron chi connectivity index (χ3n) is 4.58. The summed E-state index contributed by atoms with van der Waals surface area (Å²) >= 11 is 7.80. The number of carbonyl (C=O) groups excluding carboxylic acids is 1. The fourth-order valence-electron chi connectivity index (χ4n) is 2.70. The number of nitrogens with zero attached hydrogens (tertiary/aromatic N) is 1. The number of rotatable bonds is 6. The second kappa shape index (κ2) is 8.76. The molecule has 0 radical (unpaired) electrons. The van der Waals surface area contributed by atoms with Crippen molar-refractivity contribution >= 4 is 28.8 Å². The van der Waals surface area contributed by atoms with Crippen LogP contribution >= 0.6 is 22.9 Å². The van der Waals surface area contributed by atoms with Crippen molar-refractivity contribution in [2.75, 3.05) is 0 Å². The van der Waals surface area contributed by atoms with E-state index < -0.39 is 6.10 Å². The Morgan fingerprint density at radius 1 is 1.18 bits per heavy atom. The zero-order valence-corrected chi connectivity index (χ0v) is 17.9. The summed E-state index contributed by atoms with van der Waals surface area (Å²) in [6.07, 6.45) is -0.585. The third kappa shape index (κ3) is 4.72. The normalized spacial score (nSPS) is 11.9. The van der Waals surface area contributed by atoms with E-state index in [4.69, 9.17) is 16.3 Å². The van der Waals surface area contributed by atoms with E-state index in [9.17, 15) is 4.79 Å². The minimum Gasteiger partial charge on any atom is -0.481 e. The molecular weight excluding hydrogens is 392 g/mol. The predicted molar refractivity (Wildman–Crippen MR) is 115 cm³/mol. The van der Waals surface area contributed by atoms with Crippen LogP contribution in [0.1, 0.15) is 28.6 Å². The van der Waals surface area contributed by atoms with Crippen LogP contribution in [0.25, 0.3) is 10.6 Å². The van der Waals surface area contributed by atoms with Crippen molar-refractivity contribution in [1.29, 1.82) is 0 Å². The number of aryl methyl sites for hydroxylation is 3. The van der Waals surface area contributed by atoms with Gasteiger partial charge in [0, 0.05) is 10.4 Å². The van der Waals surface area contributed by atoms with Gasteiger partial charge in [0.15, 0.2) is 6.10 Å². The summed E-state index contributed by atoms with van der Waals surface area (Å²) in [6, 6.07) is 13.4. The Labute approximate surface area is 174 Å². The Morgan fingerprint density at radius 3 is 2.64 bits per heavy atom. The van der Waals surface area contributed by atoms with E-state index in [1.807, 2.05) is 63.2 Å². The van der Waals surface area contributed by atoms with Gasteiger partial charge in [0.1, 0.15) is 10.8 Å². The fourth-order valence-corrected chi connectivity index (χ4v) is 4.02. The summed E-state index contributed by atoms with van der Waals surface area (Å²) in [6.45, 7) is 8.17. The van der Waals surface area contributed by atoms with Crippen LogP contribution in [-0.2, 0) is 11.3 Å². The molecule has 0 saturated heterocycles. The van der Waals surface area contributed by atoms with Crippen LogP contribution in [-0.4, -0.2) is 17.0 Å². The van der Waals surface area contributed by atoms with Crippen molar-refractivity contribution in [1.82, 2.24) is 10.3 Å². The van der Waals surface area contributed by atoms with Crippen LogP contribution in [0.15, 0.2) is 42.5 Å². The number of nitrogens with one attached hydrogen (secondary N) is 1. The van der Waals surface area contributed by atoms with Gasteiger partial charge in [-0.1, -0.05) is 35.9 Å². The molecule has 0 fully saturated rings. The first kappa shape index (κ1) is 20.4. The number of benzene rings is 2. The number of hydrogen-bond acceptors (Lipinski definition) is 4. The average molecular weight is 415 g/mol. The lowest BCUT2D eigenvalue weighted by Gasteiger charge is -2.15. The molecule has 0 saturated carbocycles. The Hall–Kier alpha value is -2.37. The molecular formula is C22H23ClN2O2S. The third-order valence-corrected chi connectivity index (χ3v) is 6.10. The molecule has 6 heteroatoms. The van der Waals surface area contributed by atoms with Gasteiger partial charge in [-0.15, -0.1) is 11.3 Å². The molecule has 1 atom stereocenters. The van der Waals surface area contributed by atoms with E-state index in [1.54, 1.807) is 6.92 Å². The average Bonchev–Trinajstić information content (AvgIpc) is 3.03. The Kier molecular flexibility index (Phi) is 6.37. The summed E-state index contributed by atoms with van der Waals surface area (Å²) in [5.74, 6) is 0.533. The summed E-state index contributed by atoms with van der Waals surface area (Å²) < 4.78 is 5.78. The fraction of sp³-hybridized carbons (Fsp3) is 0.273. The maximum atomic E-state index is 12.4. The lowest BCUT2D eigenvalue weighted by molar-refractivity contribution is -0.127. The Morgan fingerprint density at radius 2 is 1.93 bits per heavy atom. The second-order valence-corrected chi connectivity index (χ2v) is 8.22. The molecule has 28 heavy (non-hydrogen) atoms. The quantitative estimate of drug-likeness (QED) is 0.581. The van der Waals surface area contributed by atoms with Crippen LogP contribution in [0.4, 0.5) is 0 Å². The lowest BCUT2D eigenvalue weighted by Crippen LogP contribution is -2.35. The first-order valence-electron chi connectivity index (χ1n) is 9.08. The van der Waals surface area contributed by atoms with Gasteiger partial charge in [0.05, 0.1) is 17.3 Å². The molecule has 0 aliphatic carbocycles. The highest BCUT2D eigenvalue weighted by Gasteiger charge is 2.17. The summed E-state index contributed by atoms with van der Waals surface area (Å²) in [7, 11) is 0. The largest absolute Gasteiger partial charge is 0.481 e. The van der Waals surface area contributed by atoms with E-state index in [0.717, 1.165) is 26.7 Å². The molecule has 0 aliphatic heterocycles.